The van der Waals surface area contributed by atoms with Gasteiger partial charge in [-0.2, -0.15) is 0 Å². The molecule has 0 bridgehead atoms. The molecule has 0 aliphatic heterocycles. The Labute approximate surface area is 144 Å². The fourth-order valence-electron chi connectivity index (χ4n) is 1.76. The fourth-order valence-corrected chi connectivity index (χ4v) is 3.72. The molecule has 0 unspecified atom stereocenters. The predicted octanol–water partition coefficient (Wildman–Crippen LogP) is 1.76. The Morgan fingerprint density at radius 3 is 2.71 bits per heavy atom. The Morgan fingerprint density at radius 2 is 2.00 bits per heavy atom. The minimum atomic E-state index is -3.82. The zero-order valence-electron chi connectivity index (χ0n) is 13.3. The first-order valence-corrected chi connectivity index (χ1v) is 9.60. The van der Waals surface area contributed by atoms with Crippen molar-refractivity contribution in [2.24, 2.45) is 0 Å². The van der Waals surface area contributed by atoms with Crippen LogP contribution in [0.25, 0.3) is 0 Å². The summed E-state index contributed by atoms with van der Waals surface area (Å²) in [5.74, 6) is 0.365. The van der Waals surface area contributed by atoms with Crippen LogP contribution in [0.1, 0.15) is 25.8 Å². The molecule has 1 amide bonds. The fraction of sp³-hybridized carbons (Fsp3) is 0.357. The van der Waals surface area contributed by atoms with E-state index >= 15 is 0 Å². The van der Waals surface area contributed by atoms with Gasteiger partial charge in [0.2, 0.25) is 15.4 Å². The number of ether oxygens (including phenoxy) is 1. The normalized spacial score (nSPS) is 11.2. The molecule has 1 aromatic heterocycles. The summed E-state index contributed by atoms with van der Waals surface area (Å²) >= 11 is 0.797. The Bertz CT molecular complexity index is 805. The smallest absolute Gasteiger partial charge is 0.270 e. The van der Waals surface area contributed by atoms with Crippen LogP contribution in [0.5, 0.6) is 5.75 Å². The number of anilines is 1. The third-order valence-corrected chi connectivity index (χ3v) is 5.54. The molecular weight excluding hydrogens is 352 g/mol. The molecule has 130 valence electrons. The number of amides is 1. The summed E-state index contributed by atoms with van der Waals surface area (Å²) < 4.78 is 32.3. The number of hydrogen-bond acceptors (Lipinski definition) is 7. The molecule has 0 atom stereocenters. The molecule has 1 aromatic carbocycles. The lowest BCUT2D eigenvalue weighted by Crippen LogP contribution is -2.23. The second-order valence-electron chi connectivity index (χ2n) is 4.64. The van der Waals surface area contributed by atoms with Crippen LogP contribution < -0.4 is 14.8 Å². The second kappa shape index (κ2) is 8.18. The van der Waals surface area contributed by atoms with Gasteiger partial charge in [0, 0.05) is 18.5 Å². The summed E-state index contributed by atoms with van der Waals surface area (Å²) in [6.45, 7) is 4.09. The van der Waals surface area contributed by atoms with E-state index in [4.69, 9.17) is 4.74 Å². The maximum absolute atomic E-state index is 12.3. The number of carbonyl (C=O) groups excluding carboxylic acids is 1. The Morgan fingerprint density at radius 1 is 1.25 bits per heavy atom. The summed E-state index contributed by atoms with van der Waals surface area (Å²) in [5.41, 5.74) is 0.715. The highest BCUT2D eigenvalue weighted by Gasteiger charge is 2.21. The van der Waals surface area contributed by atoms with Crippen molar-refractivity contribution in [2.75, 3.05) is 11.9 Å². The zero-order chi connectivity index (χ0) is 17.6. The SMILES string of the molecule is CCOc1ccccc1CNS(=O)(=O)c1nnc(NC(=O)CC)s1. The zero-order valence-corrected chi connectivity index (χ0v) is 14.9. The Balaban J connectivity index is 2.08. The highest BCUT2D eigenvalue weighted by Crippen LogP contribution is 2.22. The maximum Gasteiger partial charge on any atom is 0.270 e. The largest absolute Gasteiger partial charge is 0.494 e. The van der Waals surface area contributed by atoms with E-state index in [2.05, 4.69) is 20.2 Å². The molecule has 10 heteroatoms. The van der Waals surface area contributed by atoms with Gasteiger partial charge < -0.3 is 10.1 Å². The van der Waals surface area contributed by atoms with Crippen LogP contribution in [0.3, 0.4) is 0 Å². The number of rotatable bonds is 8. The molecule has 0 spiro atoms. The van der Waals surface area contributed by atoms with Crippen LogP contribution in [0, 0.1) is 0 Å². The van der Waals surface area contributed by atoms with Crippen LogP contribution >= 0.6 is 11.3 Å². The molecule has 24 heavy (non-hydrogen) atoms. The lowest BCUT2D eigenvalue weighted by Gasteiger charge is -2.10. The van der Waals surface area contributed by atoms with Gasteiger partial charge in [-0.25, -0.2) is 13.1 Å². The third-order valence-electron chi connectivity index (χ3n) is 2.93. The van der Waals surface area contributed by atoms with Crippen molar-refractivity contribution in [1.82, 2.24) is 14.9 Å². The van der Waals surface area contributed by atoms with Crippen LogP contribution in [0.15, 0.2) is 28.6 Å². The molecule has 0 fully saturated rings. The number of benzene rings is 1. The second-order valence-corrected chi connectivity index (χ2v) is 7.56. The van der Waals surface area contributed by atoms with Gasteiger partial charge in [-0.3, -0.25) is 4.79 Å². The summed E-state index contributed by atoms with van der Waals surface area (Å²) in [6.07, 6.45) is 0.272. The molecule has 1 heterocycles. The molecular formula is C14H18N4O4S2. The predicted molar refractivity (Wildman–Crippen MR) is 90.5 cm³/mol. The van der Waals surface area contributed by atoms with E-state index in [1.165, 1.54) is 0 Å². The van der Waals surface area contributed by atoms with Crippen LogP contribution in [-0.4, -0.2) is 31.1 Å². The number of aromatic nitrogens is 2. The average Bonchev–Trinajstić information content (AvgIpc) is 3.03. The van der Waals surface area contributed by atoms with Gasteiger partial charge in [-0.15, -0.1) is 10.2 Å². The quantitative estimate of drug-likeness (QED) is 0.685. The summed E-state index contributed by atoms with van der Waals surface area (Å²) in [6, 6.07) is 7.17. The van der Waals surface area contributed by atoms with E-state index in [0.717, 1.165) is 11.3 Å². The van der Waals surface area contributed by atoms with Gasteiger partial charge in [0.15, 0.2) is 0 Å². The van der Waals surface area contributed by atoms with E-state index in [0.29, 0.717) is 17.9 Å². The standard InChI is InChI=1S/C14H18N4O4S2/c1-3-12(19)16-13-17-18-14(23-13)24(20,21)15-9-10-7-5-6-8-11(10)22-4-2/h5-8,15H,3-4,9H2,1-2H3,(H,16,17,19). The number of carbonyl (C=O) groups is 1. The van der Waals surface area contributed by atoms with Gasteiger partial charge in [0.25, 0.3) is 10.0 Å². The molecule has 2 rings (SSSR count). The van der Waals surface area contributed by atoms with Gasteiger partial charge in [-0.1, -0.05) is 36.5 Å². The first-order valence-electron chi connectivity index (χ1n) is 7.30. The number of nitrogens with zero attached hydrogens (tertiary/aromatic N) is 2. The molecule has 8 nitrogen and oxygen atoms in total. The first-order chi connectivity index (χ1) is 11.5. The van der Waals surface area contributed by atoms with Gasteiger partial charge in [0.1, 0.15) is 5.75 Å². The number of hydrogen-bond donors (Lipinski definition) is 2. The summed E-state index contributed by atoms with van der Waals surface area (Å²) in [4.78, 5) is 11.3. The van der Waals surface area contributed by atoms with Crippen molar-refractivity contribution in [2.45, 2.75) is 31.2 Å². The number of para-hydroxylation sites is 1. The lowest BCUT2D eigenvalue weighted by atomic mass is 10.2. The van der Waals surface area contributed by atoms with Crippen molar-refractivity contribution < 1.29 is 17.9 Å². The number of nitrogens with one attached hydrogen (secondary N) is 2. The summed E-state index contributed by atoms with van der Waals surface area (Å²) in [5, 5.41) is 9.91. The van der Waals surface area contributed by atoms with Gasteiger partial charge in [0.05, 0.1) is 6.61 Å². The van der Waals surface area contributed by atoms with Crippen molar-refractivity contribution in [3.8, 4) is 5.75 Å². The molecule has 0 radical (unpaired) electrons. The highest BCUT2D eigenvalue weighted by molar-refractivity contribution is 7.91. The Hall–Kier alpha value is -2.04. The Kier molecular flexibility index (Phi) is 6.23. The van der Waals surface area contributed by atoms with E-state index < -0.39 is 10.0 Å². The molecule has 0 aliphatic carbocycles. The van der Waals surface area contributed by atoms with Gasteiger partial charge in [-0.05, 0) is 13.0 Å². The monoisotopic (exact) mass is 370 g/mol. The maximum atomic E-state index is 12.3. The van der Waals surface area contributed by atoms with E-state index in [-0.39, 0.29) is 28.3 Å². The minimum absolute atomic E-state index is 0.0642. The van der Waals surface area contributed by atoms with Crippen molar-refractivity contribution in [1.29, 1.82) is 0 Å². The minimum Gasteiger partial charge on any atom is -0.494 e. The molecule has 0 saturated heterocycles. The van der Waals surface area contributed by atoms with E-state index in [9.17, 15) is 13.2 Å². The van der Waals surface area contributed by atoms with Crippen molar-refractivity contribution in [3.63, 3.8) is 0 Å². The van der Waals surface area contributed by atoms with Crippen molar-refractivity contribution >= 4 is 32.4 Å². The molecule has 0 saturated carbocycles. The first kappa shape index (κ1) is 18.3. The van der Waals surface area contributed by atoms with Crippen LogP contribution in [0.2, 0.25) is 0 Å². The lowest BCUT2D eigenvalue weighted by molar-refractivity contribution is -0.115. The van der Waals surface area contributed by atoms with Crippen LogP contribution in [-0.2, 0) is 21.4 Å². The average molecular weight is 370 g/mol. The van der Waals surface area contributed by atoms with Crippen molar-refractivity contribution in [3.05, 3.63) is 29.8 Å². The summed E-state index contributed by atoms with van der Waals surface area (Å²) in [7, 11) is -3.82. The molecule has 2 N–H and O–H groups in total. The highest BCUT2D eigenvalue weighted by atomic mass is 32.2. The van der Waals surface area contributed by atoms with E-state index in [1.807, 2.05) is 13.0 Å². The van der Waals surface area contributed by atoms with Gasteiger partial charge >= 0.3 is 0 Å². The molecule has 2 aromatic rings. The molecule has 0 aliphatic rings. The van der Waals surface area contributed by atoms with E-state index in [1.54, 1.807) is 25.1 Å². The number of sulfonamides is 1. The topological polar surface area (TPSA) is 110 Å². The third kappa shape index (κ3) is 4.73. The van der Waals surface area contributed by atoms with Crippen LogP contribution in [0.4, 0.5) is 5.13 Å².